The quantitative estimate of drug-likeness (QED) is 0.708. The van der Waals surface area contributed by atoms with Crippen molar-refractivity contribution in [3.8, 4) is 11.5 Å². The molecular formula is C14H14N4O2S. The molecule has 0 spiro atoms. The highest BCUT2D eigenvalue weighted by Gasteiger charge is 2.12. The summed E-state index contributed by atoms with van der Waals surface area (Å²) in [5.74, 6) is 1.19. The zero-order valence-corrected chi connectivity index (χ0v) is 12.2. The second-order valence-corrected chi connectivity index (χ2v) is 5.33. The molecule has 0 aliphatic heterocycles. The molecule has 0 saturated heterocycles. The summed E-state index contributed by atoms with van der Waals surface area (Å²) in [6, 6.07) is 5.66. The van der Waals surface area contributed by atoms with Crippen LogP contribution < -0.4 is 10.6 Å². The lowest BCUT2D eigenvalue weighted by Crippen LogP contribution is -2.26. The number of anilines is 1. The van der Waals surface area contributed by atoms with Gasteiger partial charge in [-0.1, -0.05) is 0 Å². The van der Waals surface area contributed by atoms with Gasteiger partial charge in [0.05, 0.1) is 16.5 Å². The third-order valence-electron chi connectivity index (χ3n) is 2.84. The number of hydrogen-bond acceptors (Lipinski definition) is 6. The van der Waals surface area contributed by atoms with E-state index in [0.717, 1.165) is 21.7 Å². The van der Waals surface area contributed by atoms with Gasteiger partial charge in [-0.25, -0.2) is 9.97 Å². The van der Waals surface area contributed by atoms with Crippen LogP contribution in [0.15, 0.2) is 34.3 Å². The molecule has 0 aromatic carbocycles. The van der Waals surface area contributed by atoms with Crippen molar-refractivity contribution in [1.29, 1.82) is 0 Å². The second-order valence-electron chi connectivity index (χ2n) is 4.42. The Morgan fingerprint density at radius 1 is 1.33 bits per heavy atom. The summed E-state index contributed by atoms with van der Waals surface area (Å²) in [4.78, 5) is 19.8. The van der Waals surface area contributed by atoms with Crippen molar-refractivity contribution in [2.45, 2.75) is 6.92 Å². The van der Waals surface area contributed by atoms with Crippen molar-refractivity contribution in [1.82, 2.24) is 15.3 Å². The van der Waals surface area contributed by atoms with Crippen molar-refractivity contribution in [2.24, 2.45) is 0 Å². The van der Waals surface area contributed by atoms with E-state index in [1.54, 1.807) is 17.6 Å². The van der Waals surface area contributed by atoms with Crippen molar-refractivity contribution in [3.05, 3.63) is 29.8 Å². The molecule has 0 aliphatic carbocycles. The van der Waals surface area contributed by atoms with Crippen molar-refractivity contribution in [2.75, 3.05) is 18.4 Å². The minimum atomic E-state index is -0.0534. The summed E-state index contributed by atoms with van der Waals surface area (Å²) in [5.41, 5.74) is 1.66. The lowest BCUT2D eigenvalue weighted by Gasteiger charge is -2.07. The Morgan fingerprint density at radius 2 is 2.24 bits per heavy atom. The number of rotatable bonds is 5. The van der Waals surface area contributed by atoms with Gasteiger partial charge in [-0.15, -0.1) is 11.3 Å². The Balaban J connectivity index is 1.85. The monoisotopic (exact) mass is 302 g/mol. The zero-order valence-electron chi connectivity index (χ0n) is 11.4. The number of aromatic nitrogens is 2. The predicted octanol–water partition coefficient (Wildman–Crippen LogP) is 2.50. The number of thiophene rings is 1. The minimum absolute atomic E-state index is 0.0534. The lowest BCUT2D eigenvalue weighted by atomic mass is 10.3. The number of nitrogens with zero attached hydrogens (tertiary/aromatic N) is 2. The van der Waals surface area contributed by atoms with Gasteiger partial charge in [0, 0.05) is 20.0 Å². The first kappa shape index (κ1) is 13.6. The first-order valence-corrected chi connectivity index (χ1v) is 7.39. The van der Waals surface area contributed by atoms with Gasteiger partial charge in [-0.3, -0.25) is 4.79 Å². The van der Waals surface area contributed by atoms with Crippen LogP contribution in [0.5, 0.6) is 0 Å². The van der Waals surface area contributed by atoms with Crippen LogP contribution in [0, 0.1) is 0 Å². The van der Waals surface area contributed by atoms with Crippen LogP contribution in [-0.4, -0.2) is 29.0 Å². The topological polar surface area (TPSA) is 80.0 Å². The minimum Gasteiger partial charge on any atom is -0.463 e. The van der Waals surface area contributed by atoms with Crippen LogP contribution in [0.25, 0.3) is 21.7 Å². The summed E-state index contributed by atoms with van der Waals surface area (Å²) in [6.07, 6.45) is 1.63. The molecule has 3 heterocycles. The fourth-order valence-electron chi connectivity index (χ4n) is 1.94. The highest BCUT2D eigenvalue weighted by atomic mass is 32.1. The highest BCUT2D eigenvalue weighted by Crippen LogP contribution is 2.31. The molecule has 2 N–H and O–H groups in total. The average molecular weight is 302 g/mol. The number of fused-ring (bicyclic) bond motifs is 1. The molecule has 108 valence electrons. The smallest absolute Gasteiger partial charge is 0.224 e. The number of carbonyl (C=O) groups is 1. The fraction of sp³-hybridized carbons (Fsp3) is 0.214. The summed E-state index contributed by atoms with van der Waals surface area (Å²) in [7, 11) is 0. The summed E-state index contributed by atoms with van der Waals surface area (Å²) >= 11 is 1.58. The molecule has 0 aliphatic rings. The van der Waals surface area contributed by atoms with E-state index in [9.17, 15) is 4.79 Å². The molecule has 6 nitrogen and oxygen atoms in total. The van der Waals surface area contributed by atoms with Crippen LogP contribution in [0.3, 0.4) is 0 Å². The second kappa shape index (κ2) is 5.92. The van der Waals surface area contributed by atoms with E-state index in [0.29, 0.717) is 19.0 Å². The highest BCUT2D eigenvalue weighted by molar-refractivity contribution is 7.17. The molecule has 0 unspecified atom stereocenters. The molecule has 3 rings (SSSR count). The third-order valence-corrected chi connectivity index (χ3v) is 3.75. The molecule has 0 fully saturated rings. The van der Waals surface area contributed by atoms with Gasteiger partial charge in [0.25, 0.3) is 0 Å². The largest absolute Gasteiger partial charge is 0.463 e. The molecule has 0 atom stereocenters. The standard InChI is InChI=1S/C14H14N4O2S/c1-9(19)15-5-6-16-14-17-10-4-8-21-13(10)12(18-14)11-3-2-7-20-11/h2-4,7-8H,5-6H2,1H3,(H,15,19)(H,16,17,18). The van der Waals surface area contributed by atoms with Crippen molar-refractivity contribution in [3.63, 3.8) is 0 Å². The van der Waals surface area contributed by atoms with Crippen LogP contribution >= 0.6 is 11.3 Å². The molecule has 0 radical (unpaired) electrons. The molecule has 3 aromatic heterocycles. The van der Waals surface area contributed by atoms with Gasteiger partial charge in [0.2, 0.25) is 11.9 Å². The van der Waals surface area contributed by atoms with E-state index in [4.69, 9.17) is 4.42 Å². The van der Waals surface area contributed by atoms with Crippen molar-refractivity contribution >= 4 is 33.4 Å². The molecule has 3 aromatic rings. The van der Waals surface area contributed by atoms with Crippen LogP contribution in [-0.2, 0) is 4.79 Å². The maximum absolute atomic E-state index is 10.8. The lowest BCUT2D eigenvalue weighted by molar-refractivity contribution is -0.118. The molecule has 7 heteroatoms. The summed E-state index contributed by atoms with van der Waals surface area (Å²) < 4.78 is 6.44. The maximum atomic E-state index is 10.8. The average Bonchev–Trinajstić information content (AvgIpc) is 3.13. The van der Waals surface area contributed by atoms with Gasteiger partial charge in [0.15, 0.2) is 5.76 Å². The number of carbonyl (C=O) groups excluding carboxylic acids is 1. The van der Waals surface area contributed by atoms with Crippen LogP contribution in [0.4, 0.5) is 5.95 Å². The number of nitrogens with one attached hydrogen (secondary N) is 2. The molecule has 0 saturated carbocycles. The normalized spacial score (nSPS) is 10.7. The number of hydrogen-bond donors (Lipinski definition) is 2. The van der Waals surface area contributed by atoms with Crippen molar-refractivity contribution < 1.29 is 9.21 Å². The molecule has 0 bridgehead atoms. The Kier molecular flexibility index (Phi) is 3.83. The van der Waals surface area contributed by atoms with E-state index < -0.39 is 0 Å². The Labute approximate surface area is 125 Å². The van der Waals surface area contributed by atoms with Crippen LogP contribution in [0.1, 0.15) is 6.92 Å². The SMILES string of the molecule is CC(=O)NCCNc1nc(-c2ccco2)c2sccc2n1. The first-order chi connectivity index (χ1) is 10.2. The predicted molar refractivity (Wildman–Crippen MR) is 82.3 cm³/mol. The molecular weight excluding hydrogens is 288 g/mol. The molecule has 1 amide bonds. The van der Waals surface area contributed by atoms with Gasteiger partial charge >= 0.3 is 0 Å². The first-order valence-electron chi connectivity index (χ1n) is 6.51. The summed E-state index contributed by atoms with van der Waals surface area (Å²) in [6.45, 7) is 2.58. The van der Waals surface area contributed by atoms with Gasteiger partial charge < -0.3 is 15.1 Å². The fourth-order valence-corrected chi connectivity index (χ4v) is 2.76. The van der Waals surface area contributed by atoms with E-state index in [1.807, 2.05) is 23.6 Å². The Hall–Kier alpha value is -2.41. The van der Waals surface area contributed by atoms with Crippen LogP contribution in [0.2, 0.25) is 0 Å². The Bertz CT molecular complexity index is 752. The van der Waals surface area contributed by atoms with E-state index in [-0.39, 0.29) is 5.91 Å². The number of amides is 1. The van der Waals surface area contributed by atoms with Gasteiger partial charge in [0.1, 0.15) is 5.69 Å². The maximum Gasteiger partial charge on any atom is 0.224 e. The zero-order chi connectivity index (χ0) is 14.7. The Morgan fingerprint density at radius 3 is 3.00 bits per heavy atom. The molecule has 21 heavy (non-hydrogen) atoms. The van der Waals surface area contributed by atoms with Gasteiger partial charge in [-0.2, -0.15) is 0 Å². The third kappa shape index (κ3) is 3.03. The van der Waals surface area contributed by atoms with E-state index in [1.165, 1.54) is 6.92 Å². The summed E-state index contributed by atoms with van der Waals surface area (Å²) in [5, 5.41) is 7.81. The van der Waals surface area contributed by atoms with Gasteiger partial charge in [-0.05, 0) is 23.6 Å². The number of furan rings is 1. The van der Waals surface area contributed by atoms with E-state index >= 15 is 0 Å². The van der Waals surface area contributed by atoms with E-state index in [2.05, 4.69) is 20.6 Å².